The summed E-state index contributed by atoms with van der Waals surface area (Å²) >= 11 is 0. The number of benzene rings is 2. The number of alkyl halides is 3. The molecule has 2 heterocycles. The van der Waals surface area contributed by atoms with Crippen LogP contribution in [0.1, 0.15) is 11.1 Å². The van der Waals surface area contributed by atoms with Gasteiger partial charge in [-0.2, -0.15) is 4.55 Å². The number of aromatic nitrogens is 1. The molecule has 0 amide bonds. The number of hydrogen-bond acceptors (Lipinski definition) is 3. The molecule has 1 saturated heterocycles. The first-order valence-corrected chi connectivity index (χ1v) is 11.9. The van der Waals surface area contributed by atoms with Gasteiger partial charge in [0.15, 0.2) is 0 Å². The van der Waals surface area contributed by atoms with E-state index in [4.69, 9.17) is 0 Å². The molecule has 1 unspecified atom stereocenters. The molecule has 10 heteroatoms. The Hall–Kier alpha value is -3.08. The summed E-state index contributed by atoms with van der Waals surface area (Å²) in [5.74, 6) is -0.346. The number of hydrogen-bond donors (Lipinski definition) is 1. The molecule has 178 valence electrons. The van der Waals surface area contributed by atoms with Gasteiger partial charge in [-0.05, 0) is 68.9 Å². The number of rotatable bonds is 5. The summed E-state index contributed by atoms with van der Waals surface area (Å²) in [6.07, 6.45) is 6.94. The Morgan fingerprint density at radius 3 is 2.09 bits per heavy atom. The van der Waals surface area contributed by atoms with Gasteiger partial charge in [0.1, 0.15) is 5.82 Å². The molecular weight excluding hydrogens is 470 g/mol. The fourth-order valence-electron chi connectivity index (χ4n) is 3.75. The van der Waals surface area contributed by atoms with E-state index in [1.54, 1.807) is 18.5 Å². The molecule has 0 radical (unpaired) electrons. The SMILES string of the molecule is O=[S+](O)(N1CCN(c2ccc(/C=C/c3cc(F)cc(-c4ccncc4)c3)cc2)CC1)C(F)(F)F. The minimum absolute atomic E-state index is 0.171. The van der Waals surface area contributed by atoms with E-state index in [2.05, 4.69) is 4.98 Å². The Kier molecular flexibility index (Phi) is 6.83. The highest BCUT2D eigenvalue weighted by atomic mass is 32.3. The van der Waals surface area contributed by atoms with Crippen LogP contribution in [0.15, 0.2) is 67.0 Å². The lowest BCUT2D eigenvalue weighted by molar-refractivity contribution is -0.0565. The van der Waals surface area contributed by atoms with Crippen LogP contribution in [-0.4, -0.2) is 45.5 Å². The Balaban J connectivity index is 1.41. The van der Waals surface area contributed by atoms with Crippen LogP contribution in [0.5, 0.6) is 0 Å². The van der Waals surface area contributed by atoms with Gasteiger partial charge in [-0.25, -0.2) is 4.39 Å². The van der Waals surface area contributed by atoms with Gasteiger partial charge < -0.3 is 4.90 Å². The molecule has 5 nitrogen and oxygen atoms in total. The van der Waals surface area contributed by atoms with Gasteiger partial charge in [-0.3, -0.25) is 4.98 Å². The van der Waals surface area contributed by atoms with E-state index in [1.807, 2.05) is 53.4 Å². The molecule has 1 aromatic heterocycles. The maximum absolute atomic E-state index is 14.1. The smallest absolute Gasteiger partial charge is 0.369 e. The highest BCUT2D eigenvalue weighted by Gasteiger charge is 2.63. The fourth-order valence-corrected chi connectivity index (χ4v) is 4.70. The average molecular weight is 493 g/mol. The van der Waals surface area contributed by atoms with Crippen molar-refractivity contribution in [3.63, 3.8) is 0 Å². The highest BCUT2D eigenvalue weighted by Crippen LogP contribution is 2.33. The van der Waals surface area contributed by atoms with Crippen LogP contribution in [0.3, 0.4) is 0 Å². The predicted octanol–water partition coefficient (Wildman–Crippen LogP) is 5.59. The number of nitrogens with zero attached hydrogens (tertiary/aromatic N) is 3. The third kappa shape index (κ3) is 5.35. The van der Waals surface area contributed by atoms with Gasteiger partial charge in [0.2, 0.25) is 0 Å². The van der Waals surface area contributed by atoms with Crippen molar-refractivity contribution in [2.45, 2.75) is 5.51 Å². The molecule has 1 aliphatic rings. The summed E-state index contributed by atoms with van der Waals surface area (Å²) in [7, 11) is -5.05. The van der Waals surface area contributed by atoms with Gasteiger partial charge in [0.05, 0.1) is 13.1 Å². The molecule has 0 saturated carbocycles. The van der Waals surface area contributed by atoms with E-state index >= 15 is 0 Å². The van der Waals surface area contributed by atoms with Crippen molar-refractivity contribution in [3.8, 4) is 11.1 Å². The van der Waals surface area contributed by atoms with Crippen LogP contribution in [0.25, 0.3) is 23.3 Å². The number of anilines is 1. The summed E-state index contributed by atoms with van der Waals surface area (Å²) in [5.41, 5.74) is -1.20. The van der Waals surface area contributed by atoms with Crippen LogP contribution in [0.2, 0.25) is 0 Å². The van der Waals surface area contributed by atoms with E-state index in [9.17, 15) is 26.3 Å². The third-order valence-corrected chi connectivity index (χ3v) is 7.22. The topological polar surface area (TPSA) is 56.7 Å². The van der Waals surface area contributed by atoms with Crippen molar-refractivity contribution in [2.24, 2.45) is 0 Å². The molecule has 0 aliphatic carbocycles. The maximum Gasteiger partial charge on any atom is 0.628 e. The van der Waals surface area contributed by atoms with Crippen molar-refractivity contribution in [1.29, 1.82) is 0 Å². The molecule has 1 aliphatic heterocycles. The van der Waals surface area contributed by atoms with Crippen molar-refractivity contribution in [3.05, 3.63) is 83.9 Å². The number of pyridine rings is 1. The van der Waals surface area contributed by atoms with Gasteiger partial charge in [0.25, 0.3) is 0 Å². The summed E-state index contributed by atoms with van der Waals surface area (Å²) in [5, 5.41) is 0. The van der Waals surface area contributed by atoms with Crippen LogP contribution in [-0.2, 0) is 14.6 Å². The fraction of sp³-hybridized carbons (Fsp3) is 0.208. The van der Waals surface area contributed by atoms with Crippen molar-refractivity contribution < 1.29 is 26.3 Å². The van der Waals surface area contributed by atoms with E-state index in [0.29, 0.717) is 9.87 Å². The lowest BCUT2D eigenvalue weighted by atomic mass is 10.0. The first kappa shape index (κ1) is 24.1. The molecule has 2 aromatic carbocycles. The van der Waals surface area contributed by atoms with Crippen LogP contribution >= 0.6 is 0 Å². The van der Waals surface area contributed by atoms with Gasteiger partial charge >= 0.3 is 15.9 Å². The van der Waals surface area contributed by atoms with E-state index in [-0.39, 0.29) is 32.0 Å². The lowest BCUT2D eigenvalue weighted by Gasteiger charge is -2.33. The molecule has 3 aromatic rings. The lowest BCUT2D eigenvalue weighted by Crippen LogP contribution is -2.54. The number of piperazine rings is 1. The molecular formula is C24H22F4N3O2S+. The first-order valence-electron chi connectivity index (χ1n) is 10.5. The Labute approximate surface area is 195 Å². The summed E-state index contributed by atoms with van der Waals surface area (Å²) < 4.78 is 74.1. The molecule has 0 bridgehead atoms. The zero-order valence-electron chi connectivity index (χ0n) is 18.0. The third-order valence-electron chi connectivity index (χ3n) is 5.55. The molecule has 4 rings (SSSR count). The molecule has 34 heavy (non-hydrogen) atoms. The first-order chi connectivity index (χ1) is 16.1. The van der Waals surface area contributed by atoms with Crippen molar-refractivity contribution >= 4 is 28.2 Å². The summed E-state index contributed by atoms with van der Waals surface area (Å²) in [6.45, 7) is 0.0551. The van der Waals surface area contributed by atoms with E-state index < -0.39 is 15.9 Å². The van der Waals surface area contributed by atoms with Crippen LogP contribution < -0.4 is 4.90 Å². The molecule has 1 N–H and O–H groups in total. The predicted molar refractivity (Wildman–Crippen MR) is 126 cm³/mol. The molecule has 0 spiro atoms. The second kappa shape index (κ2) is 9.65. The zero-order valence-corrected chi connectivity index (χ0v) is 18.8. The largest absolute Gasteiger partial charge is 0.628 e. The van der Waals surface area contributed by atoms with Gasteiger partial charge in [-0.1, -0.05) is 28.6 Å². The monoisotopic (exact) mass is 492 g/mol. The standard InChI is InChI=1S/C24H21F4N3O2S/c25-22-16-19(15-21(17-22)20-7-9-29-10-8-20)2-1-18-3-5-23(6-4-18)30-11-13-31(14-12-30)34(32,33)24(26,27)28/h1-10,15-17H,11-14H2/p+1/b2-1+. The Bertz CT molecular complexity index is 1210. The number of halogens is 4. The van der Waals surface area contributed by atoms with Gasteiger partial charge in [0, 0.05) is 31.2 Å². The summed E-state index contributed by atoms with van der Waals surface area (Å²) in [6, 6.07) is 15.8. The van der Waals surface area contributed by atoms with Crippen LogP contribution in [0.4, 0.5) is 23.2 Å². The maximum atomic E-state index is 14.1. The summed E-state index contributed by atoms with van der Waals surface area (Å²) in [4.78, 5) is 5.84. The minimum Gasteiger partial charge on any atom is -0.369 e. The van der Waals surface area contributed by atoms with Crippen molar-refractivity contribution in [1.82, 2.24) is 9.29 Å². The second-order valence-electron chi connectivity index (χ2n) is 7.79. The Morgan fingerprint density at radius 1 is 0.853 bits per heavy atom. The quantitative estimate of drug-likeness (QED) is 0.287. The van der Waals surface area contributed by atoms with Gasteiger partial charge in [-0.15, -0.1) is 13.2 Å². The average Bonchev–Trinajstić information content (AvgIpc) is 2.83. The molecule has 1 fully saturated rings. The van der Waals surface area contributed by atoms with Crippen molar-refractivity contribution in [2.75, 3.05) is 31.1 Å². The molecule has 1 atom stereocenters. The zero-order chi connectivity index (χ0) is 24.3. The Morgan fingerprint density at radius 2 is 1.47 bits per heavy atom. The second-order valence-corrected chi connectivity index (χ2v) is 9.76. The van der Waals surface area contributed by atoms with Crippen LogP contribution in [0, 0.1) is 5.82 Å². The minimum atomic E-state index is -5.18. The highest BCUT2D eigenvalue weighted by molar-refractivity contribution is 7.96. The normalized spacial score (nSPS) is 17.1. The van der Waals surface area contributed by atoms with E-state index in [1.165, 1.54) is 12.1 Å². The van der Waals surface area contributed by atoms with E-state index in [0.717, 1.165) is 22.4 Å².